The standard InChI is InChI=1S/C18H18ClN3O2/c1-11-8-9-13(22(11)3)10-20-18(23)16-12(2)24-21-17(16)14-6-4-5-7-15(14)19/h4-9H,10H2,1-3H3,(H,20,23). The zero-order chi connectivity index (χ0) is 17.3. The summed E-state index contributed by atoms with van der Waals surface area (Å²) in [6, 6.07) is 11.3. The van der Waals surface area contributed by atoms with E-state index in [0.29, 0.717) is 34.1 Å². The summed E-state index contributed by atoms with van der Waals surface area (Å²) in [5, 5.41) is 7.47. The molecule has 0 fully saturated rings. The van der Waals surface area contributed by atoms with Crippen LogP contribution in [0.2, 0.25) is 5.02 Å². The second-order valence-electron chi connectivity index (χ2n) is 5.65. The second-order valence-corrected chi connectivity index (χ2v) is 6.06. The Morgan fingerprint density at radius 2 is 2.00 bits per heavy atom. The van der Waals surface area contributed by atoms with Crippen molar-refractivity contribution in [1.82, 2.24) is 15.0 Å². The summed E-state index contributed by atoms with van der Waals surface area (Å²) in [5.74, 6) is 0.230. The molecule has 0 unspecified atom stereocenters. The van der Waals surface area contributed by atoms with Gasteiger partial charge in [0, 0.05) is 24.0 Å². The molecule has 124 valence electrons. The first kappa shape index (κ1) is 16.3. The van der Waals surface area contributed by atoms with Crippen LogP contribution in [0.3, 0.4) is 0 Å². The topological polar surface area (TPSA) is 60.1 Å². The molecule has 0 aliphatic carbocycles. The molecule has 1 amide bonds. The van der Waals surface area contributed by atoms with Gasteiger partial charge in [-0.25, -0.2) is 0 Å². The van der Waals surface area contributed by atoms with E-state index in [9.17, 15) is 4.79 Å². The number of amides is 1. The van der Waals surface area contributed by atoms with Gasteiger partial charge in [-0.1, -0.05) is 35.0 Å². The highest BCUT2D eigenvalue weighted by Gasteiger charge is 2.22. The molecular weight excluding hydrogens is 326 g/mol. The average molecular weight is 344 g/mol. The lowest BCUT2D eigenvalue weighted by molar-refractivity contribution is 0.0949. The Bertz CT molecular complexity index is 896. The third-order valence-corrected chi connectivity index (χ3v) is 4.46. The molecule has 24 heavy (non-hydrogen) atoms. The van der Waals surface area contributed by atoms with Crippen molar-refractivity contribution in [2.24, 2.45) is 7.05 Å². The summed E-state index contributed by atoms with van der Waals surface area (Å²) >= 11 is 6.22. The minimum Gasteiger partial charge on any atom is -0.360 e. The minimum absolute atomic E-state index is 0.234. The van der Waals surface area contributed by atoms with Crippen LogP contribution in [-0.2, 0) is 13.6 Å². The quantitative estimate of drug-likeness (QED) is 0.782. The lowest BCUT2D eigenvalue weighted by Crippen LogP contribution is -2.24. The van der Waals surface area contributed by atoms with Crippen LogP contribution in [0.5, 0.6) is 0 Å². The molecule has 2 aromatic heterocycles. The molecule has 0 saturated carbocycles. The molecule has 2 heterocycles. The number of rotatable bonds is 4. The Labute approximate surface area is 145 Å². The van der Waals surface area contributed by atoms with Crippen LogP contribution < -0.4 is 5.32 Å². The van der Waals surface area contributed by atoms with Gasteiger partial charge in [-0.3, -0.25) is 4.79 Å². The van der Waals surface area contributed by atoms with Gasteiger partial charge >= 0.3 is 0 Å². The van der Waals surface area contributed by atoms with Crippen molar-refractivity contribution in [3.63, 3.8) is 0 Å². The van der Waals surface area contributed by atoms with Gasteiger partial charge in [0.1, 0.15) is 17.0 Å². The highest BCUT2D eigenvalue weighted by Crippen LogP contribution is 2.30. The normalized spacial score (nSPS) is 10.8. The van der Waals surface area contributed by atoms with E-state index in [-0.39, 0.29) is 5.91 Å². The summed E-state index contributed by atoms with van der Waals surface area (Å²) in [6.45, 7) is 4.16. The van der Waals surface area contributed by atoms with Gasteiger partial charge in [0.2, 0.25) is 0 Å². The Hall–Kier alpha value is -2.53. The fourth-order valence-corrected chi connectivity index (χ4v) is 2.81. The first-order valence-electron chi connectivity index (χ1n) is 7.59. The fourth-order valence-electron chi connectivity index (χ4n) is 2.58. The Balaban J connectivity index is 1.87. The summed E-state index contributed by atoms with van der Waals surface area (Å²) in [5.41, 5.74) is 3.70. The van der Waals surface area contributed by atoms with E-state index in [4.69, 9.17) is 16.1 Å². The highest BCUT2D eigenvalue weighted by atomic mass is 35.5. The molecule has 6 heteroatoms. The molecule has 0 atom stereocenters. The number of hydrogen-bond donors (Lipinski definition) is 1. The minimum atomic E-state index is -0.234. The SMILES string of the molecule is Cc1onc(-c2ccccc2Cl)c1C(=O)NCc1ccc(C)n1C. The molecule has 3 rings (SSSR count). The maximum absolute atomic E-state index is 12.7. The summed E-state index contributed by atoms with van der Waals surface area (Å²) < 4.78 is 7.27. The number of hydrogen-bond acceptors (Lipinski definition) is 3. The lowest BCUT2D eigenvalue weighted by atomic mass is 10.1. The number of carbonyl (C=O) groups excluding carboxylic acids is 1. The number of carbonyl (C=O) groups is 1. The van der Waals surface area contributed by atoms with Crippen LogP contribution in [0.25, 0.3) is 11.3 Å². The van der Waals surface area contributed by atoms with E-state index < -0.39 is 0 Å². The number of benzene rings is 1. The van der Waals surface area contributed by atoms with E-state index in [1.54, 1.807) is 13.0 Å². The van der Waals surface area contributed by atoms with Crippen LogP contribution in [0.15, 0.2) is 40.9 Å². The number of halogens is 1. The maximum atomic E-state index is 12.7. The number of aryl methyl sites for hydroxylation is 2. The van der Waals surface area contributed by atoms with Gasteiger partial charge in [-0.15, -0.1) is 0 Å². The van der Waals surface area contributed by atoms with E-state index in [2.05, 4.69) is 10.5 Å². The van der Waals surface area contributed by atoms with Gasteiger partial charge < -0.3 is 14.4 Å². The lowest BCUT2D eigenvalue weighted by Gasteiger charge is -2.08. The molecule has 3 aromatic rings. The van der Waals surface area contributed by atoms with Crippen LogP contribution in [-0.4, -0.2) is 15.6 Å². The molecule has 5 nitrogen and oxygen atoms in total. The van der Waals surface area contributed by atoms with Gasteiger partial charge in [-0.2, -0.15) is 0 Å². The number of nitrogens with zero attached hydrogens (tertiary/aromatic N) is 2. The van der Waals surface area contributed by atoms with Crippen LogP contribution in [0.1, 0.15) is 27.5 Å². The largest absolute Gasteiger partial charge is 0.360 e. The fraction of sp³-hybridized carbons (Fsp3) is 0.222. The summed E-state index contributed by atoms with van der Waals surface area (Å²) in [6.07, 6.45) is 0. The maximum Gasteiger partial charge on any atom is 0.257 e. The molecule has 0 radical (unpaired) electrons. The van der Waals surface area contributed by atoms with Crippen LogP contribution >= 0.6 is 11.6 Å². The van der Waals surface area contributed by atoms with Crippen LogP contribution in [0, 0.1) is 13.8 Å². The predicted octanol–water partition coefficient (Wildman–Crippen LogP) is 3.88. The number of aromatic nitrogens is 2. The molecule has 0 aliphatic rings. The third-order valence-electron chi connectivity index (χ3n) is 4.13. The molecule has 0 spiro atoms. The molecular formula is C18H18ClN3O2. The molecule has 0 bridgehead atoms. The van der Waals surface area contributed by atoms with E-state index in [0.717, 1.165) is 11.4 Å². The van der Waals surface area contributed by atoms with Crippen molar-refractivity contribution in [3.8, 4) is 11.3 Å². The number of nitrogens with one attached hydrogen (secondary N) is 1. The van der Waals surface area contributed by atoms with Crippen molar-refractivity contribution in [2.75, 3.05) is 0 Å². The van der Waals surface area contributed by atoms with Gasteiger partial charge in [0.15, 0.2) is 0 Å². The van der Waals surface area contributed by atoms with Crippen LogP contribution in [0.4, 0.5) is 0 Å². The second kappa shape index (κ2) is 6.53. The summed E-state index contributed by atoms with van der Waals surface area (Å²) in [7, 11) is 1.97. The Morgan fingerprint density at radius 1 is 1.25 bits per heavy atom. The van der Waals surface area contributed by atoms with Gasteiger partial charge in [0.05, 0.1) is 11.6 Å². The third kappa shape index (κ3) is 2.95. The first-order valence-corrected chi connectivity index (χ1v) is 7.97. The van der Waals surface area contributed by atoms with Crippen molar-refractivity contribution < 1.29 is 9.32 Å². The average Bonchev–Trinajstić information content (AvgIpc) is 3.10. The first-order chi connectivity index (χ1) is 11.5. The van der Waals surface area contributed by atoms with E-state index in [1.165, 1.54) is 0 Å². The Kier molecular flexibility index (Phi) is 4.44. The van der Waals surface area contributed by atoms with Gasteiger partial charge in [0.25, 0.3) is 5.91 Å². The smallest absolute Gasteiger partial charge is 0.257 e. The Morgan fingerprint density at radius 3 is 2.67 bits per heavy atom. The van der Waals surface area contributed by atoms with Gasteiger partial charge in [-0.05, 0) is 32.0 Å². The molecule has 1 N–H and O–H groups in total. The van der Waals surface area contributed by atoms with E-state index >= 15 is 0 Å². The van der Waals surface area contributed by atoms with E-state index in [1.807, 2.05) is 48.9 Å². The van der Waals surface area contributed by atoms with Crippen molar-refractivity contribution in [3.05, 3.63) is 64.1 Å². The molecule has 1 aromatic carbocycles. The zero-order valence-electron chi connectivity index (χ0n) is 13.8. The monoisotopic (exact) mass is 343 g/mol. The summed E-state index contributed by atoms with van der Waals surface area (Å²) in [4.78, 5) is 12.7. The van der Waals surface area contributed by atoms with Crippen molar-refractivity contribution in [1.29, 1.82) is 0 Å². The zero-order valence-corrected chi connectivity index (χ0v) is 14.5. The molecule has 0 aliphatic heterocycles. The highest BCUT2D eigenvalue weighted by molar-refractivity contribution is 6.33. The van der Waals surface area contributed by atoms with Crippen molar-refractivity contribution in [2.45, 2.75) is 20.4 Å². The van der Waals surface area contributed by atoms with Crippen molar-refractivity contribution >= 4 is 17.5 Å². The predicted molar refractivity (Wildman–Crippen MR) is 93.0 cm³/mol. The molecule has 0 saturated heterocycles.